The van der Waals surface area contributed by atoms with Crippen LogP contribution in [0.2, 0.25) is 0 Å². The maximum Gasteiger partial charge on any atom is 0.260 e. The topological polar surface area (TPSA) is 78.8 Å². The first kappa shape index (κ1) is 18.7. The van der Waals surface area contributed by atoms with Crippen molar-refractivity contribution < 1.29 is 14.6 Å². The number of rotatable bonds is 5. The molecule has 1 unspecified atom stereocenters. The second kappa shape index (κ2) is 8.14. The maximum atomic E-state index is 12.5. The lowest BCUT2D eigenvalue weighted by atomic mass is 9.71. The lowest BCUT2D eigenvalue weighted by Crippen LogP contribution is -2.48. The number of amides is 1. The minimum absolute atomic E-state index is 0.0184. The van der Waals surface area contributed by atoms with Gasteiger partial charge in [-0.15, -0.1) is 0 Å². The second-order valence-electron chi connectivity index (χ2n) is 7.67. The maximum absolute atomic E-state index is 12.5. The molecule has 1 aromatic heterocycles. The average Bonchev–Trinajstić information content (AvgIpc) is 3.12. The third kappa shape index (κ3) is 3.80. The Kier molecular flexibility index (Phi) is 5.43. The summed E-state index contributed by atoms with van der Waals surface area (Å²) < 4.78 is 5.60. The average molecular weight is 382 g/mol. The van der Waals surface area contributed by atoms with Crippen molar-refractivity contribution in [3.8, 4) is 5.75 Å². The van der Waals surface area contributed by atoms with Crippen LogP contribution in [0.3, 0.4) is 0 Å². The minimum atomic E-state index is 0.0184. The number of carbonyl (C=O) groups is 1. The van der Waals surface area contributed by atoms with Crippen LogP contribution in [0.4, 0.5) is 5.82 Å². The Morgan fingerprint density at radius 2 is 2.00 bits per heavy atom. The molecule has 1 N–H and O–H groups in total. The molecule has 7 heteroatoms. The normalized spacial score (nSPS) is 21.1. The third-order valence-electron chi connectivity index (χ3n) is 6.14. The summed E-state index contributed by atoms with van der Waals surface area (Å²) in [5.41, 5.74) is 0.0246. The number of aromatic nitrogens is 2. The van der Waals surface area contributed by atoms with Gasteiger partial charge in [-0.1, -0.05) is 18.2 Å². The van der Waals surface area contributed by atoms with Crippen molar-refractivity contribution >= 4 is 11.7 Å². The Labute approximate surface area is 165 Å². The standard InChI is InChI=1S/C21H26N4O3/c26-13-17-12-25(19-6-9-22-16-23-19)15-21(17)7-10-24(11-8-21)20(27)14-28-18-4-2-1-3-5-18/h1-6,9,16-17,26H,7-8,10-15H2. The zero-order chi connectivity index (χ0) is 19.4. The molecule has 1 aromatic carbocycles. The van der Waals surface area contributed by atoms with Gasteiger partial charge in [0.25, 0.3) is 5.91 Å². The number of aliphatic hydroxyl groups excluding tert-OH is 1. The van der Waals surface area contributed by atoms with Crippen LogP contribution < -0.4 is 9.64 Å². The van der Waals surface area contributed by atoms with Crippen molar-refractivity contribution in [2.24, 2.45) is 11.3 Å². The number of piperidine rings is 1. The van der Waals surface area contributed by atoms with Gasteiger partial charge in [-0.05, 0) is 36.5 Å². The molecule has 2 aliphatic rings. The molecule has 2 aromatic rings. The van der Waals surface area contributed by atoms with E-state index in [4.69, 9.17) is 4.74 Å². The quantitative estimate of drug-likeness (QED) is 0.846. The Morgan fingerprint density at radius 3 is 2.68 bits per heavy atom. The van der Waals surface area contributed by atoms with Crippen LogP contribution >= 0.6 is 0 Å². The van der Waals surface area contributed by atoms with E-state index in [0.29, 0.717) is 18.8 Å². The van der Waals surface area contributed by atoms with Crippen molar-refractivity contribution in [2.45, 2.75) is 12.8 Å². The van der Waals surface area contributed by atoms with E-state index in [1.54, 1.807) is 12.5 Å². The van der Waals surface area contributed by atoms with E-state index in [1.807, 2.05) is 41.3 Å². The summed E-state index contributed by atoms with van der Waals surface area (Å²) >= 11 is 0. The number of anilines is 1. The van der Waals surface area contributed by atoms with Gasteiger partial charge in [0, 0.05) is 44.9 Å². The summed E-state index contributed by atoms with van der Waals surface area (Å²) in [7, 11) is 0. The fourth-order valence-corrected chi connectivity index (χ4v) is 4.45. The Balaban J connectivity index is 1.35. The molecule has 148 valence electrons. The molecule has 0 radical (unpaired) electrons. The smallest absolute Gasteiger partial charge is 0.260 e. The van der Waals surface area contributed by atoms with Crippen molar-refractivity contribution in [3.05, 3.63) is 48.9 Å². The molecule has 1 atom stereocenters. The highest BCUT2D eigenvalue weighted by molar-refractivity contribution is 5.77. The molecule has 28 heavy (non-hydrogen) atoms. The summed E-state index contributed by atoms with van der Waals surface area (Å²) in [6, 6.07) is 11.3. The lowest BCUT2D eigenvalue weighted by Gasteiger charge is -2.42. The van der Waals surface area contributed by atoms with Crippen molar-refractivity contribution in [2.75, 3.05) is 44.3 Å². The summed E-state index contributed by atoms with van der Waals surface area (Å²) in [5.74, 6) is 1.83. The van der Waals surface area contributed by atoms with Crippen LogP contribution in [0.1, 0.15) is 12.8 Å². The van der Waals surface area contributed by atoms with Crippen molar-refractivity contribution in [1.82, 2.24) is 14.9 Å². The zero-order valence-corrected chi connectivity index (χ0v) is 15.9. The molecular weight excluding hydrogens is 356 g/mol. The highest BCUT2D eigenvalue weighted by Gasteiger charge is 2.48. The molecular formula is C21H26N4O3. The van der Waals surface area contributed by atoms with E-state index in [0.717, 1.165) is 31.7 Å². The van der Waals surface area contributed by atoms with Gasteiger partial charge < -0.3 is 19.6 Å². The monoisotopic (exact) mass is 382 g/mol. The number of carbonyl (C=O) groups excluding carboxylic acids is 1. The van der Waals surface area contributed by atoms with E-state index >= 15 is 0 Å². The Morgan fingerprint density at radius 1 is 1.21 bits per heavy atom. The number of aliphatic hydroxyl groups is 1. The molecule has 2 saturated heterocycles. The van der Waals surface area contributed by atoms with E-state index in [2.05, 4.69) is 14.9 Å². The number of hydrogen-bond acceptors (Lipinski definition) is 6. The number of ether oxygens (including phenoxy) is 1. The van der Waals surface area contributed by atoms with Crippen LogP contribution in [-0.2, 0) is 4.79 Å². The van der Waals surface area contributed by atoms with Gasteiger partial charge in [-0.25, -0.2) is 9.97 Å². The summed E-state index contributed by atoms with van der Waals surface area (Å²) in [6.07, 6.45) is 5.07. The molecule has 2 fully saturated rings. The summed E-state index contributed by atoms with van der Waals surface area (Å²) in [6.45, 7) is 3.27. The van der Waals surface area contributed by atoms with Gasteiger partial charge in [-0.3, -0.25) is 4.79 Å². The molecule has 0 saturated carbocycles. The first-order valence-electron chi connectivity index (χ1n) is 9.78. The van der Waals surface area contributed by atoms with Gasteiger partial charge in [0.2, 0.25) is 0 Å². The van der Waals surface area contributed by atoms with Gasteiger partial charge in [0.15, 0.2) is 6.61 Å². The molecule has 1 amide bonds. The van der Waals surface area contributed by atoms with Crippen molar-refractivity contribution in [3.63, 3.8) is 0 Å². The number of benzene rings is 1. The Bertz CT molecular complexity index is 779. The molecule has 0 bridgehead atoms. The fraction of sp³-hybridized carbons (Fsp3) is 0.476. The van der Waals surface area contributed by atoms with E-state index in [9.17, 15) is 9.90 Å². The van der Waals surface area contributed by atoms with E-state index < -0.39 is 0 Å². The van der Waals surface area contributed by atoms with Crippen LogP contribution in [0.15, 0.2) is 48.9 Å². The highest BCUT2D eigenvalue weighted by atomic mass is 16.5. The minimum Gasteiger partial charge on any atom is -0.484 e. The number of likely N-dealkylation sites (tertiary alicyclic amines) is 1. The molecule has 4 rings (SSSR count). The Hall–Kier alpha value is -2.67. The molecule has 7 nitrogen and oxygen atoms in total. The van der Waals surface area contributed by atoms with Gasteiger partial charge in [0.1, 0.15) is 17.9 Å². The predicted molar refractivity (Wildman–Crippen MR) is 105 cm³/mol. The largest absolute Gasteiger partial charge is 0.484 e. The first-order valence-corrected chi connectivity index (χ1v) is 9.78. The summed E-state index contributed by atoms with van der Waals surface area (Å²) in [4.78, 5) is 25.0. The predicted octanol–water partition coefficient (Wildman–Crippen LogP) is 1.59. The molecule has 3 heterocycles. The van der Waals surface area contributed by atoms with E-state index in [-0.39, 0.29) is 30.5 Å². The zero-order valence-electron chi connectivity index (χ0n) is 15.9. The summed E-state index contributed by atoms with van der Waals surface area (Å²) in [5, 5.41) is 9.97. The molecule has 1 spiro atoms. The van der Waals surface area contributed by atoms with Crippen LogP contribution in [0.5, 0.6) is 5.75 Å². The van der Waals surface area contributed by atoms with Crippen LogP contribution in [-0.4, -0.2) is 65.3 Å². The third-order valence-corrected chi connectivity index (χ3v) is 6.14. The first-order chi connectivity index (χ1) is 13.7. The molecule has 0 aliphatic carbocycles. The number of nitrogens with zero attached hydrogens (tertiary/aromatic N) is 4. The lowest BCUT2D eigenvalue weighted by molar-refractivity contribution is -0.136. The van der Waals surface area contributed by atoms with Crippen LogP contribution in [0.25, 0.3) is 0 Å². The van der Waals surface area contributed by atoms with Gasteiger partial charge in [-0.2, -0.15) is 0 Å². The van der Waals surface area contributed by atoms with Crippen molar-refractivity contribution in [1.29, 1.82) is 0 Å². The molecule has 2 aliphatic heterocycles. The highest BCUT2D eigenvalue weighted by Crippen LogP contribution is 2.45. The number of para-hydroxylation sites is 1. The fourth-order valence-electron chi connectivity index (χ4n) is 4.45. The SMILES string of the molecule is O=C(COc1ccccc1)N1CCC2(CC1)CN(c1ccncn1)CC2CO. The second-order valence-corrected chi connectivity index (χ2v) is 7.67. The number of hydrogen-bond donors (Lipinski definition) is 1. The van der Waals surface area contributed by atoms with E-state index in [1.165, 1.54) is 0 Å². The van der Waals surface area contributed by atoms with Gasteiger partial charge in [0.05, 0.1) is 0 Å². The van der Waals surface area contributed by atoms with Crippen LogP contribution in [0, 0.1) is 11.3 Å². The van der Waals surface area contributed by atoms with Gasteiger partial charge >= 0.3 is 0 Å².